The monoisotopic (exact) mass is 580 g/mol. The summed E-state index contributed by atoms with van der Waals surface area (Å²) in [4.78, 5) is 0.0127. The molecule has 0 aromatic heterocycles. The zero-order chi connectivity index (χ0) is 28.6. The average Bonchev–Trinajstić information content (AvgIpc) is 2.80. The molecule has 0 aliphatic rings. The summed E-state index contributed by atoms with van der Waals surface area (Å²) in [5, 5.41) is 2.20. The maximum atomic E-state index is 12.8. The van der Waals surface area contributed by atoms with Crippen LogP contribution in [0.15, 0.2) is 41.3 Å². The number of ether oxygens (including phenoxy) is 2. The Morgan fingerprint density at radius 2 is 1.26 bits per heavy atom. The van der Waals surface area contributed by atoms with Gasteiger partial charge in [-0.05, 0) is 105 Å². The van der Waals surface area contributed by atoms with Crippen molar-refractivity contribution in [2.75, 3.05) is 21.3 Å². The molecule has 0 radical (unpaired) electrons. The van der Waals surface area contributed by atoms with Gasteiger partial charge in [-0.25, -0.2) is 0 Å². The Morgan fingerprint density at radius 1 is 0.711 bits per heavy atom. The van der Waals surface area contributed by atoms with Gasteiger partial charge in [0.15, 0.2) is 0 Å². The van der Waals surface area contributed by atoms with Crippen LogP contribution in [0.1, 0.15) is 33.4 Å². The van der Waals surface area contributed by atoms with Gasteiger partial charge >= 0.3 is 0 Å². The zero-order valence-electron chi connectivity index (χ0n) is 22.7. The highest BCUT2D eigenvalue weighted by molar-refractivity contribution is 7.87. The molecule has 0 bridgehead atoms. The van der Waals surface area contributed by atoms with Gasteiger partial charge in [0, 0.05) is 10.6 Å². The summed E-state index contributed by atoms with van der Waals surface area (Å²) in [5.41, 5.74) is 4.55. The predicted molar refractivity (Wildman–Crippen MR) is 151 cm³/mol. The van der Waals surface area contributed by atoms with Crippen LogP contribution < -0.4 is 25.4 Å². The molecule has 0 aliphatic carbocycles. The smallest absolute Gasteiger partial charge is 0.296 e. The molecule has 1 atom stereocenters. The van der Waals surface area contributed by atoms with Gasteiger partial charge in [-0.3, -0.25) is 8.74 Å². The van der Waals surface area contributed by atoms with Crippen LogP contribution in [0.3, 0.4) is 0 Å². The van der Waals surface area contributed by atoms with Crippen molar-refractivity contribution in [3.8, 4) is 11.5 Å². The van der Waals surface area contributed by atoms with Gasteiger partial charge in [-0.15, -0.1) is 0 Å². The number of hydrogen-bond donors (Lipinski definition) is 1. The molecule has 11 heteroatoms. The Kier molecular flexibility index (Phi) is 8.95. The molecule has 0 amide bonds. The summed E-state index contributed by atoms with van der Waals surface area (Å²) in [7, 11) is -5.65. The van der Waals surface area contributed by atoms with Gasteiger partial charge < -0.3 is 9.47 Å². The molecule has 206 valence electrons. The molecule has 3 aromatic carbocycles. The first-order valence-electron chi connectivity index (χ1n) is 11.6. The van der Waals surface area contributed by atoms with E-state index in [9.17, 15) is 21.4 Å². The minimum Gasteiger partial charge on any atom is -0.496 e. The Balaban J connectivity index is 2.56. The van der Waals surface area contributed by atoms with E-state index in [1.54, 1.807) is 38.3 Å². The van der Waals surface area contributed by atoms with Crippen LogP contribution in [0.2, 0.25) is 0 Å². The predicted octanol–water partition coefficient (Wildman–Crippen LogP) is 3.73. The normalized spacial score (nSPS) is 12.9. The summed E-state index contributed by atoms with van der Waals surface area (Å²) in [6, 6.07) is 10.5. The largest absolute Gasteiger partial charge is 0.496 e. The van der Waals surface area contributed by atoms with E-state index in [0.29, 0.717) is 27.9 Å². The molecule has 0 aliphatic heterocycles. The Morgan fingerprint density at radius 3 is 1.79 bits per heavy atom. The van der Waals surface area contributed by atoms with Crippen molar-refractivity contribution >= 4 is 44.1 Å². The van der Waals surface area contributed by atoms with Crippen LogP contribution in [-0.4, -0.2) is 42.7 Å². The van der Waals surface area contributed by atoms with E-state index >= 15 is 0 Å². The molecular weight excluding hydrogens is 547 g/mol. The van der Waals surface area contributed by atoms with Crippen LogP contribution in [0.25, 0.3) is 0 Å². The lowest BCUT2D eigenvalue weighted by Crippen LogP contribution is -2.27. The summed E-state index contributed by atoms with van der Waals surface area (Å²) < 4.78 is 75.2. The van der Waals surface area contributed by atoms with E-state index in [2.05, 4.69) is 0 Å². The number of methoxy groups -OCH3 is 2. The molecule has 0 saturated heterocycles. The fraction of sp³-hybridized carbons (Fsp3) is 0.333. The fourth-order valence-corrected chi connectivity index (χ4v) is 9.17. The van der Waals surface area contributed by atoms with E-state index in [0.717, 1.165) is 40.0 Å². The van der Waals surface area contributed by atoms with Crippen molar-refractivity contribution in [2.45, 2.75) is 45.3 Å². The van der Waals surface area contributed by atoms with E-state index in [1.807, 2.05) is 39.8 Å². The zero-order valence-corrected chi connectivity index (χ0v) is 25.3. The molecule has 8 nitrogen and oxygen atoms in total. The minimum absolute atomic E-state index is 0.0127. The van der Waals surface area contributed by atoms with E-state index in [1.165, 1.54) is 7.11 Å². The second kappa shape index (κ2) is 11.3. The van der Waals surface area contributed by atoms with Crippen LogP contribution in [-0.2, 0) is 30.2 Å². The molecule has 0 saturated carbocycles. The first kappa shape index (κ1) is 30.1. The molecule has 0 fully saturated rings. The van der Waals surface area contributed by atoms with E-state index in [-0.39, 0.29) is 4.90 Å². The third kappa shape index (κ3) is 6.21. The van der Waals surface area contributed by atoms with Gasteiger partial charge in [0.2, 0.25) is 0 Å². The maximum absolute atomic E-state index is 12.8. The molecule has 1 unspecified atom stereocenters. The maximum Gasteiger partial charge on any atom is 0.296 e. The molecule has 3 aromatic rings. The Labute approximate surface area is 226 Å². The standard InChI is InChI=1S/C27H33O8PS2/c1-16-9-18(3)26(33-6)24(10-16)36(23-14-22(38(31,32)35-8)12-17(2)20(23)5)25-13-21(15-37(28,29)30)11-19(4)27(25)34-7/h9-14H,15H2,1-8H3,(H,28,29,30). The lowest BCUT2D eigenvalue weighted by molar-refractivity contribution is 0.397. The van der Waals surface area contributed by atoms with Gasteiger partial charge in [0.1, 0.15) is 17.3 Å². The van der Waals surface area contributed by atoms with Crippen molar-refractivity contribution < 1.29 is 35.0 Å². The number of benzene rings is 3. The second-order valence-electron chi connectivity index (χ2n) is 9.17. The van der Waals surface area contributed by atoms with Crippen molar-refractivity contribution in [2.24, 2.45) is 0 Å². The number of aryl methyl sites for hydroxylation is 4. The molecule has 0 heterocycles. The summed E-state index contributed by atoms with van der Waals surface area (Å²) in [5.74, 6) is 0.598. The van der Waals surface area contributed by atoms with Gasteiger partial charge in [0.05, 0.1) is 26.2 Å². The van der Waals surface area contributed by atoms with E-state index < -0.39 is 33.9 Å². The minimum atomic E-state index is -4.31. The fourth-order valence-electron chi connectivity index (χ4n) is 4.59. The van der Waals surface area contributed by atoms with Crippen molar-refractivity contribution in [1.29, 1.82) is 0 Å². The Hall–Kier alpha value is -2.49. The topological polar surface area (TPSA) is 116 Å². The molecule has 0 spiro atoms. The van der Waals surface area contributed by atoms with Gasteiger partial charge in [-0.1, -0.05) is 12.1 Å². The molecular formula is C27H33O8PS2. The highest BCUT2D eigenvalue weighted by Crippen LogP contribution is 2.44. The van der Waals surface area contributed by atoms with Crippen molar-refractivity contribution in [1.82, 2.24) is 0 Å². The quantitative estimate of drug-likeness (QED) is 0.231. The average molecular weight is 581 g/mol. The molecule has 38 heavy (non-hydrogen) atoms. The van der Waals surface area contributed by atoms with Crippen molar-refractivity contribution in [3.05, 3.63) is 69.8 Å². The first-order chi connectivity index (χ1) is 17.6. The summed E-state index contributed by atoms with van der Waals surface area (Å²) >= 11 is 0. The van der Waals surface area contributed by atoms with Crippen LogP contribution in [0.5, 0.6) is 11.5 Å². The van der Waals surface area contributed by atoms with E-state index in [4.69, 9.17) is 13.7 Å². The second-order valence-corrected chi connectivity index (χ2v) is 14.4. The molecule has 1 N–H and O–H groups in total. The highest BCUT2D eigenvalue weighted by Gasteiger charge is 2.30. The summed E-state index contributed by atoms with van der Waals surface area (Å²) in [6.45, 7) is 9.44. The third-order valence-electron chi connectivity index (χ3n) is 6.32. The van der Waals surface area contributed by atoms with Crippen LogP contribution in [0.4, 0.5) is 0 Å². The first-order valence-corrected chi connectivity index (χ1v) is 16.0. The summed E-state index contributed by atoms with van der Waals surface area (Å²) in [6.07, 6.45) is 0. The Bertz CT molecular complexity index is 1600. The SMILES string of the molecule is COc1c(C)cc(C)cc1P(c1cc(S(=O)(=O)OC)cc(C)c1C)c1cc(CS(=O)(=O)O)cc(C)c1OC. The lowest BCUT2D eigenvalue weighted by Gasteiger charge is -2.28. The van der Waals surface area contributed by atoms with Gasteiger partial charge in [0.25, 0.3) is 20.2 Å². The van der Waals surface area contributed by atoms with Crippen molar-refractivity contribution in [3.63, 3.8) is 0 Å². The lowest BCUT2D eigenvalue weighted by atomic mass is 10.1. The van der Waals surface area contributed by atoms with Crippen LogP contribution >= 0.6 is 7.92 Å². The van der Waals surface area contributed by atoms with Gasteiger partial charge in [-0.2, -0.15) is 16.8 Å². The van der Waals surface area contributed by atoms with Crippen LogP contribution in [0, 0.1) is 34.6 Å². The molecule has 3 rings (SSSR count). The highest BCUT2D eigenvalue weighted by atomic mass is 32.2. The third-order valence-corrected chi connectivity index (χ3v) is 10.8. The number of hydrogen-bond acceptors (Lipinski definition) is 7. The number of rotatable bonds is 9.